The Hall–Kier alpha value is -2.92. The third kappa shape index (κ3) is 39.7. The van der Waals surface area contributed by atoms with E-state index in [1.165, 1.54) is 57.8 Å². The highest BCUT2D eigenvalue weighted by molar-refractivity contribution is 5.70. The topological polar surface area (TPSA) is 72.8 Å². The highest BCUT2D eigenvalue weighted by Gasteiger charge is 2.16. The van der Waals surface area contributed by atoms with Gasteiger partial charge in [-0.25, -0.2) is 0 Å². The molecule has 0 amide bonds. The summed E-state index contributed by atoms with van der Waals surface area (Å²) in [6, 6.07) is 0. The summed E-state index contributed by atoms with van der Waals surface area (Å²) in [7, 11) is 0. The second-order valence-corrected chi connectivity index (χ2v) is 13.3. The smallest absolute Gasteiger partial charge is 0.306 e. The second-order valence-electron chi connectivity index (χ2n) is 13.3. The van der Waals surface area contributed by atoms with Crippen LogP contribution in [0.2, 0.25) is 0 Å². The van der Waals surface area contributed by atoms with Crippen LogP contribution in [0.15, 0.2) is 85.1 Å². The molecular formula is C46H76O5. The lowest BCUT2D eigenvalue weighted by atomic mass is 10.1. The molecule has 0 bridgehead atoms. The number of carbonyl (C=O) groups is 2. The largest absolute Gasteiger partial charge is 0.462 e. The first kappa shape index (κ1) is 48.1. The number of aliphatic hydroxyl groups is 1. The fraction of sp³-hybridized carbons (Fsp3) is 0.652. The Balaban J connectivity index is 3.66. The number of ether oxygens (including phenoxy) is 2. The van der Waals surface area contributed by atoms with Crippen molar-refractivity contribution in [3.8, 4) is 0 Å². The number of hydrogen-bond donors (Lipinski definition) is 1. The van der Waals surface area contributed by atoms with Gasteiger partial charge in [-0.3, -0.25) is 9.59 Å². The van der Waals surface area contributed by atoms with Crippen molar-refractivity contribution >= 4 is 11.9 Å². The molecule has 0 aliphatic heterocycles. The first-order chi connectivity index (χ1) is 25.1. The van der Waals surface area contributed by atoms with Crippen molar-refractivity contribution in [3.05, 3.63) is 85.1 Å². The maximum absolute atomic E-state index is 12.2. The van der Waals surface area contributed by atoms with Crippen molar-refractivity contribution in [2.45, 2.75) is 180 Å². The van der Waals surface area contributed by atoms with Crippen LogP contribution in [0.3, 0.4) is 0 Å². The zero-order valence-corrected chi connectivity index (χ0v) is 32.8. The SMILES string of the molecule is CC/C=C\C/C=C\C/C=C\C/C=C\C/C=C\CCCCCC(=O)OC(CO)COC(=O)CCCCCCCCC/C=C\C/C=C\CCCCCC. The number of hydrogen-bond acceptors (Lipinski definition) is 5. The Morgan fingerprint density at radius 1 is 0.471 bits per heavy atom. The van der Waals surface area contributed by atoms with E-state index >= 15 is 0 Å². The predicted molar refractivity (Wildman–Crippen MR) is 219 cm³/mol. The molecule has 0 spiro atoms. The standard InChI is InChI=1S/C46H76O5/c1-3-5-7-9-11-13-15-17-19-21-23-25-27-29-31-33-35-37-39-41-46(49)51-44(42-47)43-50-45(48)40-38-36-34-32-30-28-26-24-22-20-18-16-14-12-10-8-6-4-2/h5,7,11,13-14,16-17,19-20,22-23,25,29,31,44,47H,3-4,6,8-10,12,15,18,21,24,26-28,30,32-43H2,1-2H3/b7-5-,13-11-,16-14-,19-17-,22-20-,25-23-,31-29-. The average molecular weight is 709 g/mol. The first-order valence-corrected chi connectivity index (χ1v) is 20.6. The van der Waals surface area contributed by atoms with Crippen molar-refractivity contribution < 1.29 is 24.2 Å². The summed E-state index contributed by atoms with van der Waals surface area (Å²) < 4.78 is 10.6. The van der Waals surface area contributed by atoms with Crippen LogP contribution >= 0.6 is 0 Å². The summed E-state index contributed by atoms with van der Waals surface area (Å²) in [6.07, 6.45) is 56.4. The lowest BCUT2D eigenvalue weighted by Gasteiger charge is -2.15. The molecule has 5 nitrogen and oxygen atoms in total. The van der Waals surface area contributed by atoms with Crippen molar-refractivity contribution in [2.24, 2.45) is 0 Å². The summed E-state index contributed by atoms with van der Waals surface area (Å²) >= 11 is 0. The third-order valence-electron chi connectivity index (χ3n) is 8.42. The minimum Gasteiger partial charge on any atom is -0.462 e. The van der Waals surface area contributed by atoms with Gasteiger partial charge in [-0.15, -0.1) is 0 Å². The van der Waals surface area contributed by atoms with Crippen LogP contribution in [0.4, 0.5) is 0 Å². The highest BCUT2D eigenvalue weighted by atomic mass is 16.6. The van der Waals surface area contributed by atoms with Gasteiger partial charge >= 0.3 is 11.9 Å². The van der Waals surface area contributed by atoms with E-state index in [1.807, 2.05) is 0 Å². The van der Waals surface area contributed by atoms with E-state index in [1.54, 1.807) is 0 Å². The molecule has 0 radical (unpaired) electrons. The van der Waals surface area contributed by atoms with Gasteiger partial charge in [-0.1, -0.05) is 157 Å². The monoisotopic (exact) mass is 709 g/mol. The molecule has 0 aliphatic carbocycles. The Morgan fingerprint density at radius 3 is 1.29 bits per heavy atom. The number of aliphatic hydroxyl groups excluding tert-OH is 1. The molecule has 5 heteroatoms. The lowest BCUT2D eigenvalue weighted by molar-refractivity contribution is -0.161. The van der Waals surface area contributed by atoms with Gasteiger partial charge in [0.2, 0.25) is 0 Å². The third-order valence-corrected chi connectivity index (χ3v) is 8.42. The molecule has 1 atom stereocenters. The fourth-order valence-corrected chi connectivity index (χ4v) is 5.31. The Morgan fingerprint density at radius 2 is 0.843 bits per heavy atom. The number of allylic oxidation sites excluding steroid dienone is 14. The molecule has 0 aliphatic rings. The van der Waals surface area contributed by atoms with Crippen LogP contribution in [0.1, 0.15) is 174 Å². The van der Waals surface area contributed by atoms with Crippen LogP contribution in [-0.4, -0.2) is 36.4 Å². The van der Waals surface area contributed by atoms with E-state index in [0.29, 0.717) is 12.8 Å². The quantitative estimate of drug-likeness (QED) is 0.0398. The number of esters is 2. The maximum atomic E-state index is 12.2. The zero-order valence-electron chi connectivity index (χ0n) is 32.8. The van der Waals surface area contributed by atoms with E-state index < -0.39 is 6.10 Å². The lowest BCUT2D eigenvalue weighted by Crippen LogP contribution is -2.28. The predicted octanol–water partition coefficient (Wildman–Crippen LogP) is 13.1. The van der Waals surface area contributed by atoms with Gasteiger partial charge in [0.05, 0.1) is 6.61 Å². The van der Waals surface area contributed by atoms with Gasteiger partial charge in [-0.05, 0) is 89.9 Å². The van der Waals surface area contributed by atoms with Gasteiger partial charge in [0.1, 0.15) is 6.61 Å². The first-order valence-electron chi connectivity index (χ1n) is 20.6. The van der Waals surface area contributed by atoms with Crippen molar-refractivity contribution in [2.75, 3.05) is 13.2 Å². The molecule has 0 aromatic rings. The summed E-state index contributed by atoms with van der Waals surface area (Å²) in [4.78, 5) is 24.3. The van der Waals surface area contributed by atoms with Crippen LogP contribution in [-0.2, 0) is 19.1 Å². The molecule has 0 fully saturated rings. The van der Waals surface area contributed by atoms with Gasteiger partial charge in [-0.2, -0.15) is 0 Å². The van der Waals surface area contributed by atoms with Crippen LogP contribution < -0.4 is 0 Å². The number of carbonyl (C=O) groups excluding carboxylic acids is 2. The van der Waals surface area contributed by atoms with Crippen LogP contribution in [0.25, 0.3) is 0 Å². The van der Waals surface area contributed by atoms with Gasteiger partial charge in [0, 0.05) is 12.8 Å². The van der Waals surface area contributed by atoms with Crippen LogP contribution in [0, 0.1) is 0 Å². The molecular weight excluding hydrogens is 633 g/mol. The van der Waals surface area contributed by atoms with E-state index in [4.69, 9.17) is 9.47 Å². The van der Waals surface area contributed by atoms with Crippen molar-refractivity contribution in [1.82, 2.24) is 0 Å². The highest BCUT2D eigenvalue weighted by Crippen LogP contribution is 2.12. The Bertz CT molecular complexity index is 984. The molecule has 1 N–H and O–H groups in total. The van der Waals surface area contributed by atoms with E-state index in [2.05, 4.69) is 98.9 Å². The molecule has 0 saturated carbocycles. The molecule has 290 valence electrons. The molecule has 51 heavy (non-hydrogen) atoms. The molecule has 1 unspecified atom stereocenters. The van der Waals surface area contributed by atoms with Gasteiger partial charge in [0.15, 0.2) is 6.10 Å². The van der Waals surface area contributed by atoms with Crippen molar-refractivity contribution in [3.63, 3.8) is 0 Å². The number of rotatable bonds is 36. The van der Waals surface area contributed by atoms with E-state index in [-0.39, 0.29) is 25.2 Å². The molecule has 0 aromatic carbocycles. The number of unbranched alkanes of at least 4 members (excludes halogenated alkanes) is 14. The minimum absolute atomic E-state index is 0.0884. The summed E-state index contributed by atoms with van der Waals surface area (Å²) in [5, 5.41) is 9.57. The fourth-order valence-electron chi connectivity index (χ4n) is 5.31. The van der Waals surface area contributed by atoms with Gasteiger partial charge in [0.25, 0.3) is 0 Å². The molecule has 0 saturated heterocycles. The molecule has 0 heterocycles. The minimum atomic E-state index is -0.797. The zero-order chi connectivity index (χ0) is 37.1. The Kier molecular flexibility index (Phi) is 39.1. The summed E-state index contributed by atoms with van der Waals surface area (Å²) in [6.45, 7) is 3.96. The van der Waals surface area contributed by atoms with Gasteiger partial charge < -0.3 is 14.6 Å². The molecule has 0 rings (SSSR count). The Labute approximate surface area is 314 Å². The molecule has 0 aromatic heterocycles. The normalized spacial score (nSPS) is 13.1. The van der Waals surface area contributed by atoms with E-state index in [0.717, 1.165) is 89.9 Å². The van der Waals surface area contributed by atoms with E-state index in [9.17, 15) is 14.7 Å². The second kappa shape index (κ2) is 41.5. The summed E-state index contributed by atoms with van der Waals surface area (Å²) in [5.41, 5.74) is 0. The van der Waals surface area contributed by atoms with Crippen LogP contribution in [0.5, 0.6) is 0 Å². The van der Waals surface area contributed by atoms with Crippen molar-refractivity contribution in [1.29, 1.82) is 0 Å². The average Bonchev–Trinajstić information content (AvgIpc) is 3.13. The maximum Gasteiger partial charge on any atom is 0.306 e. The summed E-state index contributed by atoms with van der Waals surface area (Å²) in [5.74, 6) is -0.644.